The van der Waals surface area contributed by atoms with Crippen LogP contribution in [0.25, 0.3) is 0 Å². The van der Waals surface area contributed by atoms with Gasteiger partial charge in [-0.15, -0.1) is 12.4 Å². The van der Waals surface area contributed by atoms with Crippen molar-refractivity contribution in [3.8, 4) is 0 Å². The Morgan fingerprint density at radius 1 is 1.58 bits per heavy atom. The van der Waals surface area contributed by atoms with Crippen LogP contribution < -0.4 is 5.73 Å². The van der Waals surface area contributed by atoms with Gasteiger partial charge in [-0.3, -0.25) is 4.79 Å². The Labute approximate surface area is 123 Å². The standard InChI is InChI=1S/C13H16ClFN2O.ClH/c1-8-5-9(6-16)7-17(8)13(18)10-3-2-4-11(14)12(10)15;/h2-4,8-9H,5-7,16H2,1H3;1H. The molecule has 2 rings (SSSR count). The number of nitrogens with two attached hydrogens (primary N) is 1. The second-order valence-corrected chi connectivity index (χ2v) is 5.15. The molecule has 6 heteroatoms. The number of halogens is 3. The molecule has 1 aliphatic rings. The van der Waals surface area contributed by atoms with Gasteiger partial charge in [-0.05, 0) is 37.9 Å². The molecule has 1 amide bonds. The van der Waals surface area contributed by atoms with Crippen LogP contribution in [0, 0.1) is 11.7 Å². The molecule has 2 unspecified atom stereocenters. The van der Waals surface area contributed by atoms with Gasteiger partial charge in [0.2, 0.25) is 0 Å². The predicted octanol–water partition coefficient (Wildman–Crippen LogP) is 2.71. The Balaban J connectivity index is 0.00000180. The molecule has 106 valence electrons. The highest BCUT2D eigenvalue weighted by molar-refractivity contribution is 6.31. The van der Waals surface area contributed by atoms with Crippen molar-refractivity contribution in [2.24, 2.45) is 11.7 Å². The Morgan fingerprint density at radius 2 is 2.26 bits per heavy atom. The minimum absolute atomic E-state index is 0. The highest BCUT2D eigenvalue weighted by atomic mass is 35.5. The molecule has 1 aromatic rings. The fraction of sp³-hybridized carbons (Fsp3) is 0.462. The quantitative estimate of drug-likeness (QED) is 0.913. The van der Waals surface area contributed by atoms with Crippen molar-refractivity contribution in [2.75, 3.05) is 13.1 Å². The summed E-state index contributed by atoms with van der Waals surface area (Å²) in [6.45, 7) is 3.09. The number of carbonyl (C=O) groups is 1. The van der Waals surface area contributed by atoms with Crippen LogP contribution in [0.4, 0.5) is 4.39 Å². The molecule has 0 saturated carbocycles. The molecule has 0 radical (unpaired) electrons. The summed E-state index contributed by atoms with van der Waals surface area (Å²) in [7, 11) is 0. The van der Waals surface area contributed by atoms with Crippen LogP contribution in [0.3, 0.4) is 0 Å². The van der Waals surface area contributed by atoms with Crippen LogP contribution in [-0.4, -0.2) is 29.9 Å². The first-order valence-electron chi connectivity index (χ1n) is 5.99. The fourth-order valence-electron chi connectivity index (χ4n) is 2.42. The van der Waals surface area contributed by atoms with Gasteiger partial charge in [-0.1, -0.05) is 17.7 Å². The number of carbonyl (C=O) groups excluding carboxylic acids is 1. The van der Waals surface area contributed by atoms with Crippen molar-refractivity contribution >= 4 is 29.9 Å². The van der Waals surface area contributed by atoms with Crippen molar-refractivity contribution in [1.82, 2.24) is 4.90 Å². The lowest BCUT2D eigenvalue weighted by Crippen LogP contribution is -2.35. The van der Waals surface area contributed by atoms with E-state index in [9.17, 15) is 9.18 Å². The van der Waals surface area contributed by atoms with Gasteiger partial charge in [0.25, 0.3) is 5.91 Å². The number of hydrogen-bond donors (Lipinski definition) is 1. The Bertz CT molecular complexity index is 470. The van der Waals surface area contributed by atoms with Crippen molar-refractivity contribution in [2.45, 2.75) is 19.4 Å². The maximum absolute atomic E-state index is 13.8. The van der Waals surface area contributed by atoms with Gasteiger partial charge >= 0.3 is 0 Å². The van der Waals surface area contributed by atoms with Gasteiger partial charge in [0.1, 0.15) is 0 Å². The molecule has 1 saturated heterocycles. The molecule has 1 aromatic carbocycles. The van der Waals surface area contributed by atoms with Crippen LogP contribution in [0.5, 0.6) is 0 Å². The van der Waals surface area contributed by atoms with Crippen LogP contribution in [0.1, 0.15) is 23.7 Å². The van der Waals surface area contributed by atoms with E-state index in [2.05, 4.69) is 0 Å². The molecule has 0 spiro atoms. The van der Waals surface area contributed by atoms with Crippen LogP contribution in [0.15, 0.2) is 18.2 Å². The summed E-state index contributed by atoms with van der Waals surface area (Å²) in [5, 5.41) is -0.0249. The summed E-state index contributed by atoms with van der Waals surface area (Å²) in [6, 6.07) is 4.57. The van der Waals surface area contributed by atoms with Gasteiger partial charge < -0.3 is 10.6 Å². The van der Waals surface area contributed by atoms with E-state index in [0.717, 1.165) is 6.42 Å². The zero-order valence-corrected chi connectivity index (χ0v) is 12.2. The highest BCUT2D eigenvalue weighted by Gasteiger charge is 2.33. The molecule has 19 heavy (non-hydrogen) atoms. The molecule has 1 fully saturated rings. The molecule has 3 nitrogen and oxygen atoms in total. The lowest BCUT2D eigenvalue weighted by atomic mass is 10.1. The largest absolute Gasteiger partial charge is 0.336 e. The smallest absolute Gasteiger partial charge is 0.257 e. The topological polar surface area (TPSA) is 46.3 Å². The molecule has 0 aliphatic carbocycles. The lowest BCUT2D eigenvalue weighted by Gasteiger charge is -2.22. The summed E-state index contributed by atoms with van der Waals surface area (Å²) in [5.74, 6) is -0.655. The van der Waals surface area contributed by atoms with E-state index >= 15 is 0 Å². The number of rotatable bonds is 2. The number of likely N-dealkylation sites (tertiary alicyclic amines) is 1. The Morgan fingerprint density at radius 3 is 2.84 bits per heavy atom. The summed E-state index contributed by atoms with van der Waals surface area (Å²) in [6.07, 6.45) is 0.866. The molecular formula is C13H17Cl2FN2O. The van der Waals surface area contributed by atoms with Gasteiger partial charge in [-0.2, -0.15) is 0 Å². The van der Waals surface area contributed by atoms with Crippen molar-refractivity contribution in [1.29, 1.82) is 0 Å². The van der Waals surface area contributed by atoms with E-state index in [1.807, 2.05) is 6.92 Å². The van der Waals surface area contributed by atoms with Crippen molar-refractivity contribution in [3.63, 3.8) is 0 Å². The zero-order chi connectivity index (χ0) is 13.3. The van der Waals surface area contributed by atoms with E-state index in [1.165, 1.54) is 12.1 Å². The Hall–Kier alpha value is -0.840. The van der Waals surface area contributed by atoms with Crippen molar-refractivity contribution < 1.29 is 9.18 Å². The summed E-state index contributed by atoms with van der Waals surface area (Å²) >= 11 is 5.69. The maximum Gasteiger partial charge on any atom is 0.257 e. The van der Waals surface area contributed by atoms with E-state index in [1.54, 1.807) is 11.0 Å². The third-order valence-electron chi connectivity index (χ3n) is 3.44. The SMILES string of the molecule is CC1CC(CN)CN1C(=O)c1cccc(Cl)c1F.Cl. The molecule has 2 N–H and O–H groups in total. The van der Waals surface area contributed by atoms with Gasteiger partial charge in [0.15, 0.2) is 5.82 Å². The molecule has 0 aromatic heterocycles. The molecule has 1 heterocycles. The van der Waals surface area contributed by atoms with E-state index in [4.69, 9.17) is 17.3 Å². The second-order valence-electron chi connectivity index (χ2n) is 4.75. The first kappa shape index (κ1) is 16.2. The third-order valence-corrected chi connectivity index (χ3v) is 3.73. The van der Waals surface area contributed by atoms with Gasteiger partial charge in [-0.25, -0.2) is 4.39 Å². The third kappa shape index (κ3) is 3.19. The van der Waals surface area contributed by atoms with Crippen LogP contribution in [-0.2, 0) is 0 Å². The first-order valence-corrected chi connectivity index (χ1v) is 6.37. The first-order chi connectivity index (χ1) is 8.54. The number of nitrogens with zero attached hydrogens (tertiary/aromatic N) is 1. The van der Waals surface area contributed by atoms with Crippen LogP contribution in [0.2, 0.25) is 5.02 Å². The summed E-state index contributed by atoms with van der Waals surface area (Å²) < 4.78 is 13.8. The van der Waals surface area contributed by atoms with E-state index in [0.29, 0.717) is 19.0 Å². The average Bonchev–Trinajstić information content (AvgIpc) is 2.73. The minimum atomic E-state index is -0.646. The molecule has 0 bridgehead atoms. The average molecular weight is 307 g/mol. The fourth-order valence-corrected chi connectivity index (χ4v) is 2.59. The summed E-state index contributed by atoms with van der Waals surface area (Å²) in [4.78, 5) is 14.0. The number of hydrogen-bond acceptors (Lipinski definition) is 2. The summed E-state index contributed by atoms with van der Waals surface area (Å²) in [5.41, 5.74) is 5.65. The van der Waals surface area contributed by atoms with Gasteiger partial charge in [0.05, 0.1) is 10.6 Å². The molecule has 2 atom stereocenters. The lowest BCUT2D eigenvalue weighted by molar-refractivity contribution is 0.0738. The molecule has 1 aliphatic heterocycles. The maximum atomic E-state index is 13.8. The highest BCUT2D eigenvalue weighted by Crippen LogP contribution is 2.26. The monoisotopic (exact) mass is 306 g/mol. The van der Waals surface area contributed by atoms with Gasteiger partial charge in [0, 0.05) is 12.6 Å². The van der Waals surface area contributed by atoms with Crippen molar-refractivity contribution in [3.05, 3.63) is 34.6 Å². The van der Waals surface area contributed by atoms with Crippen LogP contribution >= 0.6 is 24.0 Å². The molecular weight excluding hydrogens is 290 g/mol. The normalized spacial score (nSPS) is 22.2. The van der Waals surface area contributed by atoms with E-state index < -0.39 is 5.82 Å². The Kier molecular flexibility index (Phi) is 5.59. The zero-order valence-electron chi connectivity index (χ0n) is 10.6. The number of benzene rings is 1. The second kappa shape index (κ2) is 6.55. The number of amides is 1. The minimum Gasteiger partial charge on any atom is -0.336 e. The van der Waals surface area contributed by atoms with E-state index in [-0.39, 0.29) is 34.9 Å². The predicted molar refractivity (Wildman–Crippen MR) is 76.3 cm³/mol.